The second-order valence-electron chi connectivity index (χ2n) is 4.77. The number of ether oxygens (including phenoxy) is 2. The van der Waals surface area contributed by atoms with Crippen molar-refractivity contribution in [2.45, 2.75) is 20.8 Å². The Bertz CT molecular complexity index is 617. The zero-order valence-electron chi connectivity index (χ0n) is 12.0. The highest BCUT2D eigenvalue weighted by molar-refractivity contribution is 5.74. The van der Waals surface area contributed by atoms with Gasteiger partial charge in [-0.25, -0.2) is 4.79 Å². The molecule has 0 fully saturated rings. The first kappa shape index (κ1) is 14.1. The average Bonchev–Trinajstić information content (AvgIpc) is 2.43. The molecule has 104 valence electrons. The van der Waals surface area contributed by atoms with Crippen molar-refractivity contribution in [3.8, 4) is 11.5 Å². The normalized spacial score (nSPS) is 10.2. The molecule has 0 aliphatic rings. The number of aryl methyl sites for hydroxylation is 3. The standard InChI is InChI=1S/C17H18O3/c1-12-8-9-15(10-14(12)3)19-11-17(18)20-16-7-5-4-6-13(16)2/h4-10H,11H2,1-3H3. The van der Waals surface area contributed by atoms with E-state index < -0.39 is 5.97 Å². The maximum absolute atomic E-state index is 11.7. The van der Waals surface area contributed by atoms with E-state index in [1.165, 1.54) is 5.56 Å². The van der Waals surface area contributed by atoms with Gasteiger partial charge < -0.3 is 9.47 Å². The molecule has 0 saturated heterocycles. The molecule has 0 aliphatic carbocycles. The Labute approximate surface area is 119 Å². The lowest BCUT2D eigenvalue weighted by atomic mass is 10.1. The highest BCUT2D eigenvalue weighted by Gasteiger charge is 2.08. The maximum Gasteiger partial charge on any atom is 0.349 e. The van der Waals surface area contributed by atoms with E-state index in [2.05, 4.69) is 0 Å². The Kier molecular flexibility index (Phi) is 4.41. The van der Waals surface area contributed by atoms with Crippen molar-refractivity contribution < 1.29 is 14.3 Å². The van der Waals surface area contributed by atoms with Gasteiger partial charge >= 0.3 is 5.97 Å². The summed E-state index contributed by atoms with van der Waals surface area (Å²) in [5.74, 6) is 0.841. The van der Waals surface area contributed by atoms with Crippen LogP contribution in [0, 0.1) is 20.8 Å². The maximum atomic E-state index is 11.7. The highest BCUT2D eigenvalue weighted by atomic mass is 16.6. The Morgan fingerprint density at radius 2 is 1.70 bits per heavy atom. The van der Waals surface area contributed by atoms with Crippen LogP contribution >= 0.6 is 0 Å². The van der Waals surface area contributed by atoms with Crippen LogP contribution in [0.25, 0.3) is 0 Å². The molecule has 0 aromatic heterocycles. The summed E-state index contributed by atoms with van der Waals surface area (Å²) in [5.41, 5.74) is 3.25. The van der Waals surface area contributed by atoms with Gasteiger partial charge in [0.05, 0.1) is 0 Å². The second-order valence-corrected chi connectivity index (χ2v) is 4.77. The van der Waals surface area contributed by atoms with Crippen LogP contribution in [0.1, 0.15) is 16.7 Å². The molecular weight excluding hydrogens is 252 g/mol. The highest BCUT2D eigenvalue weighted by Crippen LogP contribution is 2.18. The van der Waals surface area contributed by atoms with Gasteiger partial charge in [0.2, 0.25) is 0 Å². The molecule has 2 aromatic rings. The number of para-hydroxylation sites is 1. The Balaban J connectivity index is 1.92. The smallest absolute Gasteiger partial charge is 0.349 e. The summed E-state index contributed by atoms with van der Waals surface area (Å²) in [6.45, 7) is 5.84. The fraction of sp³-hybridized carbons (Fsp3) is 0.235. The zero-order valence-corrected chi connectivity index (χ0v) is 12.0. The predicted molar refractivity (Wildman–Crippen MR) is 78.2 cm³/mol. The monoisotopic (exact) mass is 270 g/mol. The van der Waals surface area contributed by atoms with Gasteiger partial charge in [-0.15, -0.1) is 0 Å². The van der Waals surface area contributed by atoms with Crippen LogP contribution in [-0.4, -0.2) is 12.6 Å². The molecule has 2 rings (SSSR count). The third kappa shape index (κ3) is 3.60. The van der Waals surface area contributed by atoms with Crippen LogP contribution in [0.4, 0.5) is 0 Å². The molecule has 0 radical (unpaired) electrons. The van der Waals surface area contributed by atoms with Gasteiger partial charge in [-0.2, -0.15) is 0 Å². The Morgan fingerprint density at radius 3 is 2.40 bits per heavy atom. The van der Waals surface area contributed by atoms with Gasteiger partial charge in [0.15, 0.2) is 6.61 Å². The minimum atomic E-state index is -0.405. The lowest BCUT2D eigenvalue weighted by molar-refractivity contribution is -0.136. The van der Waals surface area contributed by atoms with E-state index in [9.17, 15) is 4.79 Å². The van der Waals surface area contributed by atoms with E-state index in [-0.39, 0.29) is 6.61 Å². The number of carbonyl (C=O) groups is 1. The van der Waals surface area contributed by atoms with E-state index in [1.54, 1.807) is 6.07 Å². The van der Waals surface area contributed by atoms with Gasteiger partial charge in [0, 0.05) is 0 Å². The lowest BCUT2D eigenvalue weighted by Gasteiger charge is -2.09. The van der Waals surface area contributed by atoms with Gasteiger partial charge in [-0.3, -0.25) is 0 Å². The molecule has 3 nitrogen and oxygen atoms in total. The number of benzene rings is 2. The average molecular weight is 270 g/mol. The predicted octanol–water partition coefficient (Wildman–Crippen LogP) is 3.60. The number of hydrogen-bond acceptors (Lipinski definition) is 3. The molecule has 0 heterocycles. The molecule has 0 spiro atoms. The van der Waals surface area contributed by atoms with Gasteiger partial charge in [-0.1, -0.05) is 24.3 Å². The quantitative estimate of drug-likeness (QED) is 0.629. The van der Waals surface area contributed by atoms with Gasteiger partial charge in [0.1, 0.15) is 11.5 Å². The third-order valence-corrected chi connectivity index (χ3v) is 3.15. The van der Waals surface area contributed by atoms with Crippen LogP contribution in [0.3, 0.4) is 0 Å². The first-order valence-electron chi connectivity index (χ1n) is 6.52. The molecule has 0 unspecified atom stereocenters. The molecule has 3 heteroatoms. The molecule has 2 aromatic carbocycles. The third-order valence-electron chi connectivity index (χ3n) is 3.15. The Hall–Kier alpha value is -2.29. The molecule has 0 N–H and O–H groups in total. The van der Waals surface area contributed by atoms with Crippen LogP contribution in [-0.2, 0) is 4.79 Å². The largest absolute Gasteiger partial charge is 0.482 e. The Morgan fingerprint density at radius 1 is 0.950 bits per heavy atom. The van der Waals surface area contributed by atoms with Crippen LogP contribution < -0.4 is 9.47 Å². The second kappa shape index (κ2) is 6.24. The molecule has 20 heavy (non-hydrogen) atoms. The van der Waals surface area contributed by atoms with E-state index in [0.717, 1.165) is 11.1 Å². The fourth-order valence-corrected chi connectivity index (χ4v) is 1.77. The number of carbonyl (C=O) groups excluding carboxylic acids is 1. The zero-order chi connectivity index (χ0) is 14.5. The lowest BCUT2D eigenvalue weighted by Crippen LogP contribution is -2.18. The number of rotatable bonds is 4. The van der Waals surface area contributed by atoms with Crippen molar-refractivity contribution in [2.24, 2.45) is 0 Å². The van der Waals surface area contributed by atoms with Crippen LogP contribution in [0.5, 0.6) is 11.5 Å². The summed E-state index contributed by atoms with van der Waals surface area (Å²) in [6, 6.07) is 13.1. The fourth-order valence-electron chi connectivity index (χ4n) is 1.77. The summed E-state index contributed by atoms with van der Waals surface area (Å²) in [4.78, 5) is 11.7. The number of hydrogen-bond donors (Lipinski definition) is 0. The van der Waals surface area contributed by atoms with Crippen LogP contribution in [0.2, 0.25) is 0 Å². The van der Waals surface area contributed by atoms with Crippen molar-refractivity contribution in [1.82, 2.24) is 0 Å². The summed E-state index contributed by atoms with van der Waals surface area (Å²) in [5, 5.41) is 0. The van der Waals surface area contributed by atoms with Crippen molar-refractivity contribution in [3.05, 3.63) is 59.2 Å². The topological polar surface area (TPSA) is 35.5 Å². The van der Waals surface area contributed by atoms with Crippen molar-refractivity contribution in [2.75, 3.05) is 6.61 Å². The first-order valence-corrected chi connectivity index (χ1v) is 6.52. The van der Waals surface area contributed by atoms with Crippen molar-refractivity contribution in [1.29, 1.82) is 0 Å². The van der Waals surface area contributed by atoms with E-state index in [1.807, 2.05) is 57.2 Å². The van der Waals surface area contributed by atoms with Crippen LogP contribution in [0.15, 0.2) is 42.5 Å². The minimum absolute atomic E-state index is 0.100. The number of esters is 1. The summed E-state index contributed by atoms with van der Waals surface area (Å²) >= 11 is 0. The van der Waals surface area contributed by atoms with E-state index >= 15 is 0 Å². The minimum Gasteiger partial charge on any atom is -0.482 e. The van der Waals surface area contributed by atoms with Crippen molar-refractivity contribution in [3.63, 3.8) is 0 Å². The summed E-state index contributed by atoms with van der Waals surface area (Å²) in [7, 11) is 0. The summed E-state index contributed by atoms with van der Waals surface area (Å²) < 4.78 is 10.7. The first-order chi connectivity index (χ1) is 9.56. The van der Waals surface area contributed by atoms with Gasteiger partial charge in [0.25, 0.3) is 0 Å². The van der Waals surface area contributed by atoms with E-state index in [4.69, 9.17) is 9.47 Å². The van der Waals surface area contributed by atoms with E-state index in [0.29, 0.717) is 11.5 Å². The molecular formula is C17H18O3. The summed E-state index contributed by atoms with van der Waals surface area (Å²) in [6.07, 6.45) is 0. The SMILES string of the molecule is Cc1ccc(OCC(=O)Oc2ccccc2C)cc1C. The van der Waals surface area contributed by atoms with Crippen molar-refractivity contribution >= 4 is 5.97 Å². The molecule has 0 saturated carbocycles. The molecule has 0 amide bonds. The molecule has 0 bridgehead atoms. The molecule has 0 aliphatic heterocycles. The van der Waals surface area contributed by atoms with Gasteiger partial charge in [-0.05, 0) is 55.7 Å². The molecule has 0 atom stereocenters.